The maximum absolute atomic E-state index is 11.9. The van der Waals surface area contributed by atoms with E-state index in [2.05, 4.69) is 10.4 Å². The summed E-state index contributed by atoms with van der Waals surface area (Å²) in [5, 5.41) is 16.0. The van der Waals surface area contributed by atoms with Crippen molar-refractivity contribution >= 4 is 17.9 Å². The topological polar surface area (TPSA) is 93.5 Å². The monoisotopic (exact) mass is 329 g/mol. The van der Waals surface area contributed by atoms with Crippen LogP contribution in [-0.4, -0.2) is 26.9 Å². The van der Waals surface area contributed by atoms with Crippen LogP contribution in [0.25, 0.3) is 0 Å². The molecule has 0 aliphatic heterocycles. The van der Waals surface area contributed by atoms with Gasteiger partial charge in [0.1, 0.15) is 12.2 Å². The average molecular weight is 329 g/mol. The molecule has 2 N–H and O–H groups in total. The van der Waals surface area contributed by atoms with Gasteiger partial charge in [0, 0.05) is 6.20 Å². The Morgan fingerprint density at radius 2 is 1.96 bits per heavy atom. The fourth-order valence-corrected chi connectivity index (χ4v) is 2.85. The molecule has 3 rings (SSSR count). The molecule has 1 aromatic carbocycles. The predicted molar refractivity (Wildman–Crippen MR) is 86.9 cm³/mol. The molecular formula is C17H19N3O4. The molecule has 0 spiro atoms. The lowest BCUT2D eigenvalue weighted by Crippen LogP contribution is -2.16. The summed E-state index contributed by atoms with van der Waals surface area (Å²) in [7, 11) is 0. The summed E-state index contributed by atoms with van der Waals surface area (Å²) in [6, 6.07) is 9.44. The maximum atomic E-state index is 11.9. The molecule has 0 atom stereocenters. The van der Waals surface area contributed by atoms with E-state index in [1.807, 2.05) is 30.3 Å². The fourth-order valence-electron chi connectivity index (χ4n) is 2.85. The summed E-state index contributed by atoms with van der Waals surface area (Å²) in [5.74, 6) is -1.11. The van der Waals surface area contributed by atoms with Gasteiger partial charge in [0.25, 0.3) is 0 Å². The number of hydrogen-bond acceptors (Lipinski definition) is 4. The van der Waals surface area contributed by atoms with Crippen LogP contribution in [0.3, 0.4) is 0 Å². The first-order valence-corrected chi connectivity index (χ1v) is 7.93. The van der Waals surface area contributed by atoms with Crippen molar-refractivity contribution in [3.05, 3.63) is 47.7 Å². The van der Waals surface area contributed by atoms with Crippen molar-refractivity contribution in [3.8, 4) is 0 Å². The van der Waals surface area contributed by atoms with Gasteiger partial charge in [-0.15, -0.1) is 0 Å². The van der Waals surface area contributed by atoms with Gasteiger partial charge in [-0.05, 0) is 18.4 Å². The minimum Gasteiger partial charge on any atom is -0.477 e. The predicted octanol–water partition coefficient (Wildman–Crippen LogP) is 3.45. The van der Waals surface area contributed by atoms with Crippen LogP contribution in [0.5, 0.6) is 0 Å². The van der Waals surface area contributed by atoms with Gasteiger partial charge in [0.05, 0.1) is 6.04 Å². The first kappa shape index (κ1) is 16.0. The normalized spacial score (nSPS) is 14.5. The van der Waals surface area contributed by atoms with Crippen molar-refractivity contribution in [2.45, 2.75) is 38.3 Å². The number of anilines is 1. The number of carboxylic acid groups (broad SMARTS) is 1. The first-order valence-electron chi connectivity index (χ1n) is 7.93. The minimum atomic E-state index is -1.13. The van der Waals surface area contributed by atoms with Gasteiger partial charge in [-0.1, -0.05) is 43.2 Å². The van der Waals surface area contributed by atoms with Gasteiger partial charge < -0.3 is 9.84 Å². The van der Waals surface area contributed by atoms with Gasteiger partial charge in [0.15, 0.2) is 5.82 Å². The summed E-state index contributed by atoms with van der Waals surface area (Å²) in [6.07, 6.45) is 4.91. The van der Waals surface area contributed by atoms with Crippen LogP contribution in [-0.2, 0) is 11.3 Å². The highest BCUT2D eigenvalue weighted by molar-refractivity contribution is 5.97. The number of carbonyl (C=O) groups is 2. The summed E-state index contributed by atoms with van der Waals surface area (Å²) >= 11 is 0. The van der Waals surface area contributed by atoms with Crippen LogP contribution < -0.4 is 5.32 Å². The number of aromatic nitrogens is 2. The number of hydrogen-bond donors (Lipinski definition) is 2. The number of nitrogens with zero attached hydrogens (tertiary/aromatic N) is 2. The number of carbonyl (C=O) groups excluding carboxylic acids is 1. The van der Waals surface area contributed by atoms with Gasteiger partial charge in [0.2, 0.25) is 0 Å². The Morgan fingerprint density at radius 3 is 2.62 bits per heavy atom. The van der Waals surface area contributed by atoms with Gasteiger partial charge in [-0.3, -0.25) is 10.00 Å². The second kappa shape index (κ2) is 7.16. The van der Waals surface area contributed by atoms with E-state index in [1.54, 1.807) is 4.68 Å². The van der Waals surface area contributed by atoms with E-state index in [0.717, 1.165) is 31.2 Å². The van der Waals surface area contributed by atoms with E-state index in [9.17, 15) is 14.7 Å². The summed E-state index contributed by atoms with van der Waals surface area (Å²) < 4.78 is 6.75. The molecule has 1 aromatic heterocycles. The highest BCUT2D eigenvalue weighted by Crippen LogP contribution is 2.30. The van der Waals surface area contributed by atoms with Crippen LogP contribution in [0.15, 0.2) is 36.5 Å². The Morgan fingerprint density at radius 1 is 1.25 bits per heavy atom. The minimum absolute atomic E-state index is 0.0208. The van der Waals surface area contributed by atoms with Crippen LogP contribution in [0.2, 0.25) is 0 Å². The van der Waals surface area contributed by atoms with E-state index in [0.29, 0.717) is 0 Å². The van der Waals surface area contributed by atoms with E-state index in [4.69, 9.17) is 4.74 Å². The first-order chi connectivity index (χ1) is 11.6. The van der Waals surface area contributed by atoms with Crippen LogP contribution in [0.4, 0.5) is 10.6 Å². The third kappa shape index (κ3) is 3.73. The Balaban J connectivity index is 1.66. The number of aromatic carboxylic acids is 1. The zero-order chi connectivity index (χ0) is 16.9. The third-order valence-corrected chi connectivity index (χ3v) is 4.09. The van der Waals surface area contributed by atoms with Crippen LogP contribution in [0.1, 0.15) is 47.6 Å². The number of benzene rings is 1. The highest BCUT2D eigenvalue weighted by atomic mass is 16.5. The lowest BCUT2D eigenvalue weighted by Gasteiger charge is -2.09. The van der Waals surface area contributed by atoms with Crippen molar-refractivity contribution in [1.29, 1.82) is 0 Å². The third-order valence-electron chi connectivity index (χ3n) is 4.09. The zero-order valence-corrected chi connectivity index (χ0v) is 13.1. The van der Waals surface area contributed by atoms with Crippen molar-refractivity contribution in [1.82, 2.24) is 9.78 Å². The molecule has 7 heteroatoms. The molecule has 0 saturated heterocycles. The molecule has 24 heavy (non-hydrogen) atoms. The lowest BCUT2D eigenvalue weighted by atomic mass is 10.2. The molecule has 0 radical (unpaired) electrons. The quantitative estimate of drug-likeness (QED) is 0.876. The molecule has 126 valence electrons. The Kier molecular flexibility index (Phi) is 4.79. The molecule has 0 bridgehead atoms. The molecule has 1 fully saturated rings. The van der Waals surface area contributed by atoms with Gasteiger partial charge in [-0.25, -0.2) is 9.59 Å². The van der Waals surface area contributed by atoms with Crippen molar-refractivity contribution < 1.29 is 19.4 Å². The second-order valence-corrected chi connectivity index (χ2v) is 5.80. The van der Waals surface area contributed by atoms with Crippen molar-refractivity contribution in [2.24, 2.45) is 0 Å². The molecule has 1 aliphatic rings. The van der Waals surface area contributed by atoms with Crippen molar-refractivity contribution in [3.63, 3.8) is 0 Å². The van der Waals surface area contributed by atoms with E-state index in [1.165, 1.54) is 6.20 Å². The van der Waals surface area contributed by atoms with Gasteiger partial charge >= 0.3 is 12.1 Å². The molecule has 1 saturated carbocycles. The van der Waals surface area contributed by atoms with Crippen LogP contribution >= 0.6 is 0 Å². The Bertz CT molecular complexity index is 721. The smallest absolute Gasteiger partial charge is 0.413 e. The summed E-state index contributed by atoms with van der Waals surface area (Å²) in [4.78, 5) is 23.3. The summed E-state index contributed by atoms with van der Waals surface area (Å²) in [5.41, 5.74) is 0.821. The van der Waals surface area contributed by atoms with Crippen molar-refractivity contribution in [2.75, 3.05) is 5.32 Å². The molecule has 7 nitrogen and oxygen atoms in total. The largest absolute Gasteiger partial charge is 0.477 e. The highest BCUT2D eigenvalue weighted by Gasteiger charge is 2.23. The Labute approximate surface area is 139 Å². The summed E-state index contributed by atoms with van der Waals surface area (Å²) in [6.45, 7) is 0.110. The van der Waals surface area contributed by atoms with E-state index >= 15 is 0 Å². The molecule has 2 aromatic rings. The van der Waals surface area contributed by atoms with E-state index < -0.39 is 12.1 Å². The number of rotatable bonds is 5. The maximum Gasteiger partial charge on any atom is 0.413 e. The number of carboxylic acids is 1. The number of ether oxygens (including phenoxy) is 1. The molecule has 1 heterocycles. The van der Waals surface area contributed by atoms with Gasteiger partial charge in [-0.2, -0.15) is 5.10 Å². The second-order valence-electron chi connectivity index (χ2n) is 5.80. The standard InChI is InChI=1S/C17H19N3O4/c21-16(22)14-10-20(13-8-4-5-9-13)19-15(14)18-17(23)24-11-12-6-2-1-3-7-12/h1-3,6-7,10,13H,4-5,8-9,11H2,(H,21,22)(H,18,19,23). The SMILES string of the molecule is O=C(Nc1nn(C2CCCC2)cc1C(=O)O)OCc1ccccc1. The molecule has 0 unspecified atom stereocenters. The lowest BCUT2D eigenvalue weighted by molar-refractivity contribution is 0.0698. The average Bonchev–Trinajstić information content (AvgIpc) is 3.23. The molecular weight excluding hydrogens is 310 g/mol. The fraction of sp³-hybridized carbons (Fsp3) is 0.353. The number of amides is 1. The van der Waals surface area contributed by atoms with E-state index in [-0.39, 0.29) is 24.0 Å². The molecule has 1 aliphatic carbocycles. The Hall–Kier alpha value is -2.83. The zero-order valence-electron chi connectivity index (χ0n) is 13.1. The van der Waals surface area contributed by atoms with Crippen LogP contribution in [0, 0.1) is 0 Å². The number of nitrogens with one attached hydrogen (secondary N) is 1. The molecule has 1 amide bonds.